The van der Waals surface area contributed by atoms with Gasteiger partial charge in [0, 0.05) is 13.2 Å². The predicted octanol–water partition coefficient (Wildman–Crippen LogP) is 1.55. The molecule has 1 amide bonds. The summed E-state index contributed by atoms with van der Waals surface area (Å²) in [5.41, 5.74) is 1.20. The quantitative estimate of drug-likeness (QED) is 0.906. The van der Waals surface area contributed by atoms with Gasteiger partial charge in [0.15, 0.2) is 0 Å². The minimum absolute atomic E-state index is 0.0976. The molecule has 4 nitrogen and oxygen atoms in total. The van der Waals surface area contributed by atoms with Gasteiger partial charge in [0.1, 0.15) is 0 Å². The summed E-state index contributed by atoms with van der Waals surface area (Å²) in [6.45, 7) is 3.61. The Labute approximate surface area is 120 Å². The highest BCUT2D eigenvalue weighted by Crippen LogP contribution is 2.19. The van der Waals surface area contributed by atoms with Gasteiger partial charge in [0.05, 0.1) is 18.3 Å². The van der Waals surface area contributed by atoms with Gasteiger partial charge in [0.25, 0.3) is 0 Å². The lowest BCUT2D eigenvalue weighted by atomic mass is 10.1. The highest BCUT2D eigenvalue weighted by molar-refractivity contribution is 5.84. The molecule has 0 aromatic heterocycles. The van der Waals surface area contributed by atoms with Gasteiger partial charge in [-0.2, -0.15) is 0 Å². The van der Waals surface area contributed by atoms with Crippen LogP contribution in [0.2, 0.25) is 0 Å². The molecule has 2 fully saturated rings. The van der Waals surface area contributed by atoms with Crippen LogP contribution in [0.5, 0.6) is 0 Å². The Balaban J connectivity index is 1.62. The van der Waals surface area contributed by atoms with Crippen LogP contribution in [0.1, 0.15) is 25.3 Å². The molecule has 20 heavy (non-hydrogen) atoms. The van der Waals surface area contributed by atoms with Crippen molar-refractivity contribution in [1.82, 2.24) is 10.2 Å². The fraction of sp³-hybridized carbons (Fsp3) is 0.562. The van der Waals surface area contributed by atoms with Crippen LogP contribution >= 0.6 is 0 Å². The number of hydrogen-bond acceptors (Lipinski definition) is 3. The molecule has 108 valence electrons. The van der Waals surface area contributed by atoms with E-state index < -0.39 is 0 Å². The highest BCUT2D eigenvalue weighted by atomic mass is 16.5. The fourth-order valence-electron chi connectivity index (χ4n) is 3.10. The summed E-state index contributed by atoms with van der Waals surface area (Å²) in [6, 6.07) is 10.1. The molecule has 4 heteroatoms. The first kappa shape index (κ1) is 13.6. The molecular formula is C16H22N2O2. The van der Waals surface area contributed by atoms with E-state index in [-0.39, 0.29) is 24.2 Å². The van der Waals surface area contributed by atoms with E-state index in [1.165, 1.54) is 5.56 Å². The summed E-state index contributed by atoms with van der Waals surface area (Å²) >= 11 is 0. The largest absolute Gasteiger partial charge is 0.376 e. The molecule has 0 aliphatic carbocycles. The second kappa shape index (κ2) is 5.94. The molecule has 3 atom stereocenters. The Morgan fingerprint density at radius 1 is 1.35 bits per heavy atom. The molecule has 2 saturated heterocycles. The third-order valence-corrected chi connectivity index (χ3v) is 4.20. The molecule has 1 aromatic carbocycles. The van der Waals surface area contributed by atoms with E-state index in [1.54, 1.807) is 0 Å². The normalized spacial score (nSPS) is 30.1. The van der Waals surface area contributed by atoms with Crippen LogP contribution in [0.4, 0.5) is 0 Å². The smallest absolute Gasteiger partial charge is 0.241 e. The zero-order valence-corrected chi connectivity index (χ0v) is 11.9. The summed E-state index contributed by atoms with van der Waals surface area (Å²) in [5.74, 6) is 0.205. The van der Waals surface area contributed by atoms with Gasteiger partial charge in [-0.15, -0.1) is 0 Å². The van der Waals surface area contributed by atoms with Gasteiger partial charge < -0.3 is 9.64 Å². The number of ether oxygens (including phenoxy) is 1. The van der Waals surface area contributed by atoms with Crippen LogP contribution in [0.3, 0.4) is 0 Å². The molecule has 3 unspecified atom stereocenters. The van der Waals surface area contributed by atoms with E-state index in [0.29, 0.717) is 0 Å². The standard InChI is InChI=1S/C16H22N2O2/c1-12-17-15(10-13-6-3-2-4-7-13)16(19)18(12)11-14-8-5-9-20-14/h2-4,6-7,12,14-15,17H,5,8-11H2,1H3. The van der Waals surface area contributed by atoms with Gasteiger partial charge in [0.2, 0.25) is 5.91 Å². The maximum atomic E-state index is 12.5. The minimum atomic E-state index is -0.103. The Bertz CT molecular complexity index is 457. The number of carbonyl (C=O) groups is 1. The summed E-state index contributed by atoms with van der Waals surface area (Å²) < 4.78 is 5.64. The van der Waals surface area contributed by atoms with Gasteiger partial charge in [-0.3, -0.25) is 10.1 Å². The van der Waals surface area contributed by atoms with Crippen LogP contribution in [-0.4, -0.2) is 42.3 Å². The molecule has 0 bridgehead atoms. The van der Waals surface area contributed by atoms with Crippen LogP contribution in [0.25, 0.3) is 0 Å². The molecule has 2 heterocycles. The van der Waals surface area contributed by atoms with Crippen molar-refractivity contribution >= 4 is 5.91 Å². The van der Waals surface area contributed by atoms with Crippen LogP contribution in [0, 0.1) is 0 Å². The van der Waals surface area contributed by atoms with E-state index in [4.69, 9.17) is 4.74 Å². The lowest BCUT2D eigenvalue weighted by Crippen LogP contribution is -2.40. The Kier molecular flexibility index (Phi) is 4.03. The van der Waals surface area contributed by atoms with Crippen molar-refractivity contribution in [2.24, 2.45) is 0 Å². The molecule has 1 N–H and O–H groups in total. The average molecular weight is 274 g/mol. The minimum Gasteiger partial charge on any atom is -0.376 e. The molecule has 3 rings (SSSR count). The molecule has 2 aliphatic rings. The third-order valence-electron chi connectivity index (χ3n) is 4.20. The number of amides is 1. The number of carbonyl (C=O) groups excluding carboxylic acids is 1. The molecule has 0 radical (unpaired) electrons. The van der Waals surface area contributed by atoms with Gasteiger partial charge in [-0.05, 0) is 31.7 Å². The van der Waals surface area contributed by atoms with Crippen LogP contribution < -0.4 is 5.32 Å². The topological polar surface area (TPSA) is 41.6 Å². The van der Waals surface area contributed by atoms with Crippen molar-refractivity contribution in [2.45, 2.75) is 44.5 Å². The van der Waals surface area contributed by atoms with E-state index in [9.17, 15) is 4.79 Å². The van der Waals surface area contributed by atoms with Gasteiger partial charge in [-0.1, -0.05) is 30.3 Å². The fourth-order valence-corrected chi connectivity index (χ4v) is 3.10. The number of nitrogens with one attached hydrogen (secondary N) is 1. The maximum absolute atomic E-state index is 12.5. The monoisotopic (exact) mass is 274 g/mol. The van der Waals surface area contributed by atoms with Crippen LogP contribution in [-0.2, 0) is 16.0 Å². The zero-order valence-electron chi connectivity index (χ0n) is 11.9. The average Bonchev–Trinajstić information content (AvgIpc) is 3.05. The van der Waals surface area contributed by atoms with E-state index >= 15 is 0 Å². The Morgan fingerprint density at radius 2 is 2.15 bits per heavy atom. The van der Waals surface area contributed by atoms with Crippen molar-refractivity contribution in [1.29, 1.82) is 0 Å². The summed E-state index contributed by atoms with van der Waals surface area (Å²) in [6.07, 6.45) is 3.26. The number of nitrogens with zero attached hydrogens (tertiary/aromatic N) is 1. The third kappa shape index (κ3) is 2.86. The summed E-state index contributed by atoms with van der Waals surface area (Å²) in [4.78, 5) is 14.5. The predicted molar refractivity (Wildman–Crippen MR) is 77.2 cm³/mol. The van der Waals surface area contributed by atoms with Crippen molar-refractivity contribution in [3.8, 4) is 0 Å². The first-order valence-corrected chi connectivity index (χ1v) is 7.46. The molecule has 1 aromatic rings. The molecule has 0 saturated carbocycles. The number of rotatable bonds is 4. The Morgan fingerprint density at radius 3 is 2.85 bits per heavy atom. The highest BCUT2D eigenvalue weighted by Gasteiger charge is 2.37. The summed E-state index contributed by atoms with van der Waals surface area (Å²) in [7, 11) is 0. The number of benzene rings is 1. The van der Waals surface area contributed by atoms with E-state index in [1.807, 2.05) is 23.1 Å². The SMILES string of the molecule is CC1NC(Cc2ccccc2)C(=O)N1CC1CCCO1. The van der Waals surface area contributed by atoms with Gasteiger partial charge >= 0.3 is 0 Å². The first-order valence-electron chi connectivity index (χ1n) is 7.46. The molecule has 2 aliphatic heterocycles. The van der Waals surface area contributed by atoms with Crippen LogP contribution in [0.15, 0.2) is 30.3 Å². The van der Waals surface area contributed by atoms with Crippen molar-refractivity contribution in [3.05, 3.63) is 35.9 Å². The maximum Gasteiger partial charge on any atom is 0.241 e. The second-order valence-corrected chi connectivity index (χ2v) is 5.71. The first-order chi connectivity index (χ1) is 9.74. The number of hydrogen-bond donors (Lipinski definition) is 1. The van der Waals surface area contributed by atoms with E-state index in [2.05, 4.69) is 24.4 Å². The van der Waals surface area contributed by atoms with Crippen molar-refractivity contribution in [2.75, 3.05) is 13.2 Å². The van der Waals surface area contributed by atoms with Crippen molar-refractivity contribution in [3.63, 3.8) is 0 Å². The Hall–Kier alpha value is -1.39. The summed E-state index contributed by atoms with van der Waals surface area (Å²) in [5, 5.41) is 3.40. The lowest BCUT2D eigenvalue weighted by Gasteiger charge is -2.23. The molecule has 0 spiro atoms. The zero-order chi connectivity index (χ0) is 13.9. The lowest BCUT2D eigenvalue weighted by molar-refractivity contribution is -0.131. The molecular weight excluding hydrogens is 252 g/mol. The van der Waals surface area contributed by atoms with Crippen molar-refractivity contribution < 1.29 is 9.53 Å². The van der Waals surface area contributed by atoms with E-state index in [0.717, 1.165) is 32.4 Å². The second-order valence-electron chi connectivity index (χ2n) is 5.71. The van der Waals surface area contributed by atoms with Gasteiger partial charge in [-0.25, -0.2) is 0 Å².